The van der Waals surface area contributed by atoms with E-state index in [1.54, 1.807) is 0 Å². The summed E-state index contributed by atoms with van der Waals surface area (Å²) in [6.45, 7) is 1.96. The number of carboxylic acids is 1. The van der Waals surface area contributed by atoms with E-state index in [-0.39, 0.29) is 0 Å². The lowest BCUT2D eigenvalue weighted by Crippen LogP contribution is -2.07. The Morgan fingerprint density at radius 3 is 2.90 bits per heavy atom. The van der Waals surface area contributed by atoms with E-state index >= 15 is 0 Å². The van der Waals surface area contributed by atoms with Gasteiger partial charge >= 0.3 is 5.97 Å². The van der Waals surface area contributed by atoms with Crippen LogP contribution in [0.4, 0.5) is 0 Å². The minimum Gasteiger partial charge on any atom is -0.481 e. The molecule has 0 spiro atoms. The largest absolute Gasteiger partial charge is 0.481 e. The van der Waals surface area contributed by atoms with Crippen molar-refractivity contribution >= 4 is 17.6 Å². The maximum absolute atomic E-state index is 11.2. The Hall–Kier alpha value is -1.87. The summed E-state index contributed by atoms with van der Waals surface area (Å²) < 4.78 is 0. The van der Waals surface area contributed by atoms with Crippen molar-refractivity contribution in [3.8, 4) is 11.3 Å². The van der Waals surface area contributed by atoms with E-state index in [0.717, 1.165) is 34.5 Å². The summed E-state index contributed by atoms with van der Waals surface area (Å²) in [7, 11) is 0. The Morgan fingerprint density at radius 1 is 1.35 bits per heavy atom. The molecule has 1 N–H and O–H groups in total. The SMILES string of the molecule is Cc1c(Cl)cccc1-c1ccc2c(n1)CCC2C(=O)O. The lowest BCUT2D eigenvalue weighted by atomic mass is 10.0. The predicted octanol–water partition coefficient (Wildman–Crippen LogP) is 3.82. The lowest BCUT2D eigenvalue weighted by Gasteiger charge is -2.10. The molecule has 0 bridgehead atoms. The molecule has 1 aromatic carbocycles. The molecule has 0 fully saturated rings. The Morgan fingerprint density at radius 2 is 2.15 bits per heavy atom. The second-order valence-electron chi connectivity index (χ2n) is 5.07. The molecule has 0 saturated carbocycles. The van der Waals surface area contributed by atoms with Crippen LogP contribution in [-0.4, -0.2) is 16.1 Å². The number of pyridine rings is 1. The molecule has 20 heavy (non-hydrogen) atoms. The number of fused-ring (bicyclic) bond motifs is 1. The number of aliphatic carboxylic acids is 1. The minimum absolute atomic E-state index is 0.410. The van der Waals surface area contributed by atoms with Crippen LogP contribution < -0.4 is 0 Å². The molecule has 3 rings (SSSR count). The summed E-state index contributed by atoms with van der Waals surface area (Å²) in [6.07, 6.45) is 1.36. The third-order valence-electron chi connectivity index (χ3n) is 3.90. The van der Waals surface area contributed by atoms with E-state index < -0.39 is 11.9 Å². The van der Waals surface area contributed by atoms with Gasteiger partial charge in [-0.2, -0.15) is 0 Å². The zero-order chi connectivity index (χ0) is 14.3. The van der Waals surface area contributed by atoms with E-state index in [1.807, 2.05) is 37.3 Å². The molecular weight excluding hydrogens is 274 g/mol. The van der Waals surface area contributed by atoms with Gasteiger partial charge in [-0.05, 0) is 43.0 Å². The van der Waals surface area contributed by atoms with E-state index in [0.29, 0.717) is 11.4 Å². The molecule has 1 atom stereocenters. The van der Waals surface area contributed by atoms with Crippen LogP contribution in [0.15, 0.2) is 30.3 Å². The van der Waals surface area contributed by atoms with E-state index in [9.17, 15) is 9.90 Å². The van der Waals surface area contributed by atoms with Crippen molar-refractivity contribution in [3.05, 3.63) is 52.2 Å². The van der Waals surface area contributed by atoms with Crippen LogP contribution in [0.2, 0.25) is 5.02 Å². The van der Waals surface area contributed by atoms with E-state index in [2.05, 4.69) is 4.98 Å². The highest BCUT2D eigenvalue weighted by Crippen LogP contribution is 2.35. The highest BCUT2D eigenvalue weighted by molar-refractivity contribution is 6.31. The number of aromatic nitrogens is 1. The first kappa shape index (κ1) is 13.1. The quantitative estimate of drug-likeness (QED) is 0.913. The van der Waals surface area contributed by atoms with Crippen molar-refractivity contribution in [2.75, 3.05) is 0 Å². The molecule has 1 unspecified atom stereocenters. The topological polar surface area (TPSA) is 50.2 Å². The smallest absolute Gasteiger partial charge is 0.311 e. The van der Waals surface area contributed by atoms with Crippen LogP contribution in [0, 0.1) is 6.92 Å². The third kappa shape index (κ3) is 2.08. The maximum Gasteiger partial charge on any atom is 0.311 e. The summed E-state index contributed by atoms with van der Waals surface area (Å²) in [5, 5.41) is 9.90. The minimum atomic E-state index is -0.766. The van der Waals surface area contributed by atoms with Crippen molar-refractivity contribution in [1.29, 1.82) is 0 Å². The molecule has 1 heterocycles. The summed E-state index contributed by atoms with van der Waals surface area (Å²) in [6, 6.07) is 9.52. The second kappa shape index (κ2) is 4.91. The number of carboxylic acid groups (broad SMARTS) is 1. The number of carbonyl (C=O) groups is 1. The van der Waals surface area contributed by atoms with Gasteiger partial charge in [0, 0.05) is 16.3 Å². The van der Waals surface area contributed by atoms with Gasteiger partial charge in [0.25, 0.3) is 0 Å². The second-order valence-corrected chi connectivity index (χ2v) is 5.48. The molecule has 0 radical (unpaired) electrons. The van der Waals surface area contributed by atoms with Gasteiger partial charge in [0.15, 0.2) is 0 Å². The highest BCUT2D eigenvalue weighted by Gasteiger charge is 2.29. The molecule has 0 saturated heterocycles. The van der Waals surface area contributed by atoms with Gasteiger partial charge in [-0.25, -0.2) is 0 Å². The first-order valence-electron chi connectivity index (χ1n) is 6.56. The van der Waals surface area contributed by atoms with Gasteiger partial charge in [-0.1, -0.05) is 29.8 Å². The number of rotatable bonds is 2. The van der Waals surface area contributed by atoms with E-state index in [1.165, 1.54) is 0 Å². The van der Waals surface area contributed by atoms with E-state index in [4.69, 9.17) is 11.6 Å². The summed E-state index contributed by atoms with van der Waals surface area (Å²) >= 11 is 6.14. The number of hydrogen-bond donors (Lipinski definition) is 1. The highest BCUT2D eigenvalue weighted by atomic mass is 35.5. The Balaban J connectivity index is 2.06. The molecular formula is C16H14ClNO2. The van der Waals surface area contributed by atoms with Crippen LogP contribution in [0.1, 0.15) is 29.2 Å². The first-order valence-corrected chi connectivity index (χ1v) is 6.94. The van der Waals surface area contributed by atoms with Gasteiger partial charge in [0.05, 0.1) is 11.6 Å². The van der Waals surface area contributed by atoms with Crippen molar-refractivity contribution in [3.63, 3.8) is 0 Å². The fourth-order valence-corrected chi connectivity index (χ4v) is 2.93. The third-order valence-corrected chi connectivity index (χ3v) is 4.31. The fourth-order valence-electron chi connectivity index (χ4n) is 2.76. The lowest BCUT2D eigenvalue weighted by molar-refractivity contribution is -0.138. The number of aryl methyl sites for hydroxylation is 1. The number of benzene rings is 1. The molecule has 2 aromatic rings. The molecule has 102 valence electrons. The summed E-state index contributed by atoms with van der Waals surface area (Å²) in [4.78, 5) is 15.8. The molecule has 3 nitrogen and oxygen atoms in total. The van der Waals surface area contributed by atoms with Crippen LogP contribution in [0.25, 0.3) is 11.3 Å². The zero-order valence-corrected chi connectivity index (χ0v) is 11.8. The predicted molar refractivity (Wildman–Crippen MR) is 78.1 cm³/mol. The molecule has 0 amide bonds. The molecule has 4 heteroatoms. The van der Waals surface area contributed by atoms with Gasteiger partial charge in [-0.15, -0.1) is 0 Å². The van der Waals surface area contributed by atoms with Crippen molar-refractivity contribution in [1.82, 2.24) is 4.98 Å². The van der Waals surface area contributed by atoms with Crippen LogP contribution in [0.5, 0.6) is 0 Å². The van der Waals surface area contributed by atoms with Gasteiger partial charge < -0.3 is 5.11 Å². The van der Waals surface area contributed by atoms with Gasteiger partial charge in [0.1, 0.15) is 0 Å². The standard InChI is InChI=1S/C16H14ClNO2/c1-9-10(3-2-4-13(9)17)14-7-5-11-12(16(19)20)6-8-15(11)18-14/h2-5,7,12H,6,8H2,1H3,(H,19,20). The average molecular weight is 288 g/mol. The van der Waals surface area contributed by atoms with Crippen LogP contribution >= 0.6 is 11.6 Å². The van der Waals surface area contributed by atoms with Gasteiger partial charge in [0.2, 0.25) is 0 Å². The summed E-state index contributed by atoms with van der Waals surface area (Å²) in [5.41, 5.74) is 4.60. The number of nitrogens with zero attached hydrogens (tertiary/aromatic N) is 1. The van der Waals surface area contributed by atoms with Gasteiger partial charge in [-0.3, -0.25) is 9.78 Å². The van der Waals surface area contributed by atoms with Crippen LogP contribution in [0.3, 0.4) is 0 Å². The first-order chi connectivity index (χ1) is 9.58. The van der Waals surface area contributed by atoms with Crippen molar-refractivity contribution in [2.45, 2.75) is 25.7 Å². The average Bonchev–Trinajstić information content (AvgIpc) is 2.85. The monoisotopic (exact) mass is 287 g/mol. The summed E-state index contributed by atoms with van der Waals surface area (Å²) in [5.74, 6) is -1.18. The zero-order valence-electron chi connectivity index (χ0n) is 11.1. The van der Waals surface area contributed by atoms with Crippen LogP contribution in [-0.2, 0) is 11.2 Å². The Kier molecular flexibility index (Phi) is 3.22. The maximum atomic E-state index is 11.2. The molecule has 1 aliphatic rings. The normalized spacial score (nSPS) is 17.0. The molecule has 1 aliphatic carbocycles. The number of hydrogen-bond acceptors (Lipinski definition) is 2. The van der Waals surface area contributed by atoms with Crippen molar-refractivity contribution < 1.29 is 9.90 Å². The molecule has 1 aromatic heterocycles. The number of halogens is 1. The Bertz CT molecular complexity index is 697. The molecule has 0 aliphatic heterocycles. The Labute approximate surface area is 122 Å². The fraction of sp³-hybridized carbons (Fsp3) is 0.250. The van der Waals surface area contributed by atoms with Crippen molar-refractivity contribution in [2.24, 2.45) is 0 Å².